The van der Waals surface area contributed by atoms with Crippen LogP contribution >= 0.6 is 11.6 Å². The van der Waals surface area contributed by atoms with Crippen LogP contribution in [0.15, 0.2) is 30.5 Å². The molecule has 0 fully saturated rings. The van der Waals surface area contributed by atoms with Crippen LogP contribution in [-0.4, -0.2) is 34.4 Å². The number of aromatic nitrogens is 2. The van der Waals surface area contributed by atoms with E-state index in [1.54, 1.807) is 49.0 Å². The van der Waals surface area contributed by atoms with Crippen LogP contribution in [0.2, 0.25) is 5.02 Å². The van der Waals surface area contributed by atoms with Gasteiger partial charge >= 0.3 is 5.97 Å². The highest BCUT2D eigenvalue weighted by atomic mass is 35.5. The Morgan fingerprint density at radius 3 is 2.56 bits per heavy atom. The van der Waals surface area contributed by atoms with Gasteiger partial charge in [-0.05, 0) is 45.0 Å². The van der Waals surface area contributed by atoms with Crippen molar-refractivity contribution in [3.05, 3.63) is 41.2 Å². The van der Waals surface area contributed by atoms with Crippen LogP contribution < -0.4 is 10.1 Å². The SMILES string of the molecule is CCn1cc(NC(=O)COc2ccc(Cl)cc2)c(C(=O)OC(C)C)n1. The number of halogens is 1. The summed E-state index contributed by atoms with van der Waals surface area (Å²) in [6.45, 7) is 5.70. The van der Waals surface area contributed by atoms with Crippen molar-refractivity contribution in [2.75, 3.05) is 11.9 Å². The first-order valence-electron chi connectivity index (χ1n) is 7.85. The smallest absolute Gasteiger partial charge is 0.361 e. The number of carbonyl (C=O) groups excluding carboxylic acids is 2. The first kappa shape index (κ1) is 18.8. The lowest BCUT2D eigenvalue weighted by atomic mass is 10.3. The van der Waals surface area contributed by atoms with Crippen molar-refractivity contribution >= 4 is 29.2 Å². The van der Waals surface area contributed by atoms with Crippen molar-refractivity contribution < 1.29 is 19.1 Å². The van der Waals surface area contributed by atoms with Gasteiger partial charge in [-0.3, -0.25) is 9.48 Å². The van der Waals surface area contributed by atoms with Crippen molar-refractivity contribution in [1.29, 1.82) is 0 Å². The third kappa shape index (κ3) is 5.49. The highest BCUT2D eigenvalue weighted by molar-refractivity contribution is 6.30. The third-order valence-electron chi connectivity index (χ3n) is 3.08. The number of rotatable bonds is 7. The molecule has 0 aliphatic carbocycles. The van der Waals surface area contributed by atoms with Crippen LogP contribution in [0.1, 0.15) is 31.3 Å². The van der Waals surface area contributed by atoms with E-state index in [1.807, 2.05) is 6.92 Å². The molecule has 1 aromatic carbocycles. The van der Waals surface area contributed by atoms with E-state index in [0.29, 0.717) is 17.3 Å². The van der Waals surface area contributed by atoms with E-state index in [1.165, 1.54) is 0 Å². The fourth-order valence-corrected chi connectivity index (χ4v) is 2.09. The van der Waals surface area contributed by atoms with Crippen molar-refractivity contribution in [1.82, 2.24) is 9.78 Å². The molecule has 0 aliphatic heterocycles. The molecule has 1 heterocycles. The van der Waals surface area contributed by atoms with Gasteiger partial charge in [-0.25, -0.2) is 4.79 Å². The summed E-state index contributed by atoms with van der Waals surface area (Å²) in [7, 11) is 0. The molecule has 0 spiro atoms. The lowest BCUT2D eigenvalue weighted by Gasteiger charge is -2.09. The maximum Gasteiger partial charge on any atom is 0.361 e. The zero-order valence-corrected chi connectivity index (χ0v) is 15.0. The van der Waals surface area contributed by atoms with Crippen LogP contribution in [0.4, 0.5) is 5.69 Å². The average molecular weight is 366 g/mol. The van der Waals surface area contributed by atoms with Gasteiger partial charge in [0.25, 0.3) is 5.91 Å². The Labute approximate surface area is 150 Å². The standard InChI is InChI=1S/C17H20ClN3O4/c1-4-21-9-14(16(20-21)17(23)25-11(2)3)19-15(22)10-24-13-7-5-12(18)6-8-13/h5-9,11H,4,10H2,1-3H3,(H,19,22). The second-order valence-electron chi connectivity index (χ2n) is 5.49. The molecule has 7 nitrogen and oxygen atoms in total. The Hall–Kier alpha value is -2.54. The van der Waals surface area contributed by atoms with Gasteiger partial charge in [-0.1, -0.05) is 11.6 Å². The van der Waals surface area contributed by atoms with E-state index in [4.69, 9.17) is 21.1 Å². The number of amides is 1. The van der Waals surface area contributed by atoms with Crippen LogP contribution in [0, 0.1) is 0 Å². The Morgan fingerprint density at radius 2 is 1.96 bits per heavy atom. The van der Waals surface area contributed by atoms with Crippen LogP contribution in [-0.2, 0) is 16.1 Å². The summed E-state index contributed by atoms with van der Waals surface area (Å²) in [5.41, 5.74) is 0.354. The molecule has 134 valence electrons. The largest absolute Gasteiger partial charge is 0.484 e. The predicted molar refractivity (Wildman–Crippen MR) is 94.0 cm³/mol. The number of hydrogen-bond acceptors (Lipinski definition) is 5. The molecule has 25 heavy (non-hydrogen) atoms. The minimum atomic E-state index is -0.587. The molecular weight excluding hydrogens is 346 g/mol. The lowest BCUT2D eigenvalue weighted by Crippen LogP contribution is -2.22. The highest BCUT2D eigenvalue weighted by Crippen LogP contribution is 2.17. The number of nitrogens with zero attached hydrogens (tertiary/aromatic N) is 2. The minimum Gasteiger partial charge on any atom is -0.484 e. The molecule has 0 unspecified atom stereocenters. The van der Waals surface area contributed by atoms with Gasteiger partial charge in [-0.15, -0.1) is 0 Å². The number of benzene rings is 1. The number of aryl methyl sites for hydroxylation is 1. The number of ether oxygens (including phenoxy) is 2. The molecule has 1 N–H and O–H groups in total. The fraction of sp³-hybridized carbons (Fsp3) is 0.353. The number of anilines is 1. The molecule has 0 bridgehead atoms. The Bertz CT molecular complexity index is 741. The van der Waals surface area contributed by atoms with E-state index < -0.39 is 11.9 Å². The van der Waals surface area contributed by atoms with Crippen molar-refractivity contribution in [2.45, 2.75) is 33.4 Å². The molecule has 1 aromatic heterocycles. The molecule has 8 heteroatoms. The summed E-state index contributed by atoms with van der Waals surface area (Å²) < 4.78 is 12.1. The molecule has 0 atom stereocenters. The molecular formula is C17H20ClN3O4. The quantitative estimate of drug-likeness (QED) is 0.762. The summed E-state index contributed by atoms with van der Waals surface area (Å²) in [6, 6.07) is 6.66. The lowest BCUT2D eigenvalue weighted by molar-refractivity contribution is -0.118. The van der Waals surface area contributed by atoms with Gasteiger partial charge in [0.15, 0.2) is 12.3 Å². The van der Waals surface area contributed by atoms with E-state index in [-0.39, 0.29) is 24.1 Å². The number of hydrogen-bond donors (Lipinski definition) is 1. The zero-order chi connectivity index (χ0) is 18.4. The molecule has 2 aromatic rings. The second-order valence-corrected chi connectivity index (χ2v) is 5.93. The molecule has 1 amide bonds. The average Bonchev–Trinajstić information content (AvgIpc) is 2.97. The molecule has 2 rings (SSSR count). The highest BCUT2D eigenvalue weighted by Gasteiger charge is 2.21. The molecule has 0 saturated heterocycles. The third-order valence-corrected chi connectivity index (χ3v) is 3.33. The fourth-order valence-electron chi connectivity index (χ4n) is 1.96. The summed E-state index contributed by atoms with van der Waals surface area (Å²) >= 11 is 5.79. The van der Waals surface area contributed by atoms with Gasteiger partial charge in [0, 0.05) is 17.8 Å². The first-order chi connectivity index (χ1) is 11.9. The number of nitrogens with one attached hydrogen (secondary N) is 1. The Morgan fingerprint density at radius 1 is 1.28 bits per heavy atom. The maximum atomic E-state index is 12.1. The molecule has 0 saturated carbocycles. The van der Waals surface area contributed by atoms with Gasteiger partial charge < -0.3 is 14.8 Å². The summed E-state index contributed by atoms with van der Waals surface area (Å²) in [5, 5.41) is 7.34. The monoisotopic (exact) mass is 365 g/mol. The normalized spacial score (nSPS) is 10.6. The molecule has 0 radical (unpaired) electrons. The Balaban J connectivity index is 2.02. The number of esters is 1. The Kier molecular flexibility index (Phi) is 6.41. The van der Waals surface area contributed by atoms with E-state index in [9.17, 15) is 9.59 Å². The van der Waals surface area contributed by atoms with E-state index >= 15 is 0 Å². The van der Waals surface area contributed by atoms with Gasteiger partial charge in [0.2, 0.25) is 0 Å². The van der Waals surface area contributed by atoms with E-state index in [0.717, 1.165) is 0 Å². The summed E-state index contributed by atoms with van der Waals surface area (Å²) in [4.78, 5) is 24.2. The topological polar surface area (TPSA) is 82.5 Å². The minimum absolute atomic E-state index is 0.0652. The second kappa shape index (κ2) is 8.53. The first-order valence-corrected chi connectivity index (χ1v) is 8.23. The van der Waals surface area contributed by atoms with Gasteiger partial charge in [-0.2, -0.15) is 5.10 Å². The van der Waals surface area contributed by atoms with E-state index in [2.05, 4.69) is 10.4 Å². The van der Waals surface area contributed by atoms with Crippen molar-refractivity contribution in [2.24, 2.45) is 0 Å². The van der Waals surface area contributed by atoms with Crippen molar-refractivity contribution in [3.63, 3.8) is 0 Å². The summed E-state index contributed by atoms with van der Waals surface area (Å²) in [6.07, 6.45) is 1.30. The van der Waals surface area contributed by atoms with Crippen LogP contribution in [0.5, 0.6) is 5.75 Å². The van der Waals surface area contributed by atoms with Gasteiger partial charge in [0.05, 0.1) is 11.8 Å². The maximum absolute atomic E-state index is 12.1. The predicted octanol–water partition coefficient (Wildman–Crippen LogP) is 3.14. The zero-order valence-electron chi connectivity index (χ0n) is 14.3. The number of carbonyl (C=O) groups is 2. The van der Waals surface area contributed by atoms with Gasteiger partial charge in [0.1, 0.15) is 5.75 Å². The van der Waals surface area contributed by atoms with Crippen LogP contribution in [0.3, 0.4) is 0 Å². The van der Waals surface area contributed by atoms with Crippen LogP contribution in [0.25, 0.3) is 0 Å². The molecule has 0 aliphatic rings. The van der Waals surface area contributed by atoms with Crippen molar-refractivity contribution in [3.8, 4) is 5.75 Å². The summed E-state index contributed by atoms with van der Waals surface area (Å²) in [5.74, 6) is -0.483.